The van der Waals surface area contributed by atoms with Crippen LogP contribution >= 0.6 is 22.6 Å². The molecule has 0 fully saturated rings. The lowest BCUT2D eigenvalue weighted by atomic mass is 10.2. The summed E-state index contributed by atoms with van der Waals surface area (Å²) in [7, 11) is 0. The van der Waals surface area contributed by atoms with Crippen LogP contribution in [0.2, 0.25) is 0 Å². The van der Waals surface area contributed by atoms with Crippen LogP contribution in [-0.4, -0.2) is 9.97 Å². The molecule has 0 unspecified atom stereocenters. The largest absolute Gasteiger partial charge is 0.252 e. The van der Waals surface area contributed by atoms with E-state index in [2.05, 4.69) is 39.5 Å². The van der Waals surface area contributed by atoms with E-state index in [1.54, 1.807) is 6.20 Å². The maximum Gasteiger partial charge on any atom is 0.120 e. The summed E-state index contributed by atoms with van der Waals surface area (Å²) in [5, 5.41) is 0. The second kappa shape index (κ2) is 2.97. The van der Waals surface area contributed by atoms with Crippen molar-refractivity contribution in [3.8, 4) is 0 Å². The molecule has 0 spiro atoms. The van der Waals surface area contributed by atoms with Gasteiger partial charge in [-0.1, -0.05) is 6.07 Å². The molecule has 0 saturated carbocycles. The normalized spacial score (nSPS) is 10.5. The molecule has 0 aliphatic heterocycles. The van der Waals surface area contributed by atoms with E-state index in [-0.39, 0.29) is 0 Å². The number of hydrogen-bond donors (Lipinski definition) is 0. The fraction of sp³-hybridized carbons (Fsp3) is 0.111. The molecule has 2 rings (SSSR count). The van der Waals surface area contributed by atoms with Gasteiger partial charge in [0.25, 0.3) is 0 Å². The van der Waals surface area contributed by atoms with Crippen molar-refractivity contribution in [3.63, 3.8) is 0 Å². The molecule has 0 bridgehead atoms. The summed E-state index contributed by atoms with van der Waals surface area (Å²) in [5.41, 5.74) is 3.15. The van der Waals surface area contributed by atoms with Crippen LogP contribution in [0, 0.1) is 10.6 Å². The third-order valence-corrected chi connectivity index (χ3v) is 2.19. The molecular formula is C9H7IN2. The summed E-state index contributed by atoms with van der Waals surface area (Å²) in [6.07, 6.45) is 1.78. The van der Waals surface area contributed by atoms with Crippen molar-refractivity contribution < 1.29 is 0 Å². The average Bonchev–Trinajstić information content (AvgIpc) is 2.05. The van der Waals surface area contributed by atoms with Crippen LogP contribution in [0.3, 0.4) is 0 Å². The Morgan fingerprint density at radius 1 is 1.25 bits per heavy atom. The van der Waals surface area contributed by atoms with E-state index in [0.717, 1.165) is 14.7 Å². The monoisotopic (exact) mass is 270 g/mol. The fourth-order valence-corrected chi connectivity index (χ4v) is 1.50. The summed E-state index contributed by atoms with van der Waals surface area (Å²) < 4.78 is 0.934. The Labute approximate surface area is 84.2 Å². The minimum Gasteiger partial charge on any atom is -0.252 e. The van der Waals surface area contributed by atoms with Gasteiger partial charge in [0.15, 0.2) is 0 Å². The van der Waals surface area contributed by atoms with Crippen LogP contribution in [0.25, 0.3) is 11.0 Å². The summed E-state index contributed by atoms with van der Waals surface area (Å²) in [6, 6.07) is 6.09. The molecular weight excluding hydrogens is 263 g/mol. The molecule has 2 aromatic rings. The number of aryl methyl sites for hydroxylation is 1. The molecule has 0 amide bonds. The van der Waals surface area contributed by atoms with E-state index in [4.69, 9.17) is 0 Å². The van der Waals surface area contributed by atoms with Crippen LogP contribution in [0.4, 0.5) is 0 Å². The first kappa shape index (κ1) is 7.91. The first-order chi connectivity index (χ1) is 5.75. The highest BCUT2D eigenvalue weighted by Crippen LogP contribution is 2.11. The van der Waals surface area contributed by atoms with Crippen molar-refractivity contribution in [2.75, 3.05) is 0 Å². The molecule has 0 aliphatic carbocycles. The van der Waals surface area contributed by atoms with E-state index in [0.29, 0.717) is 0 Å². The Balaban J connectivity index is 2.79. The van der Waals surface area contributed by atoms with Gasteiger partial charge in [-0.05, 0) is 47.2 Å². The van der Waals surface area contributed by atoms with E-state index in [1.807, 2.05) is 18.2 Å². The van der Waals surface area contributed by atoms with Crippen LogP contribution in [0.5, 0.6) is 0 Å². The summed E-state index contributed by atoms with van der Waals surface area (Å²) in [6.45, 7) is 2.05. The van der Waals surface area contributed by atoms with Crippen molar-refractivity contribution in [3.05, 3.63) is 33.7 Å². The van der Waals surface area contributed by atoms with E-state index in [1.165, 1.54) is 5.56 Å². The lowest BCUT2D eigenvalue weighted by Crippen LogP contribution is -1.86. The second-order valence-electron chi connectivity index (χ2n) is 2.68. The molecule has 60 valence electrons. The number of fused-ring (bicyclic) bond motifs is 1. The number of benzene rings is 1. The lowest BCUT2D eigenvalue weighted by molar-refractivity contribution is 1.24. The Bertz CT molecular complexity index is 385. The standard InChI is InChI=1S/C9H7IN2/c1-6-2-3-7-8(4-6)11-5-9(10)12-7/h2-5H,1H3. The second-order valence-corrected chi connectivity index (χ2v) is 3.79. The SMILES string of the molecule is Cc1ccc2nc(I)cnc2c1. The Morgan fingerprint density at radius 3 is 2.92 bits per heavy atom. The highest BCUT2D eigenvalue weighted by Gasteiger charge is 1.96. The summed E-state index contributed by atoms with van der Waals surface area (Å²) in [5.74, 6) is 0. The zero-order valence-corrected chi connectivity index (χ0v) is 8.74. The Kier molecular flexibility index (Phi) is 1.96. The van der Waals surface area contributed by atoms with Crippen LogP contribution < -0.4 is 0 Å². The van der Waals surface area contributed by atoms with Crippen LogP contribution in [0.1, 0.15) is 5.56 Å². The molecule has 0 N–H and O–H groups in total. The molecule has 12 heavy (non-hydrogen) atoms. The topological polar surface area (TPSA) is 25.8 Å². The van der Waals surface area contributed by atoms with Gasteiger partial charge in [-0.15, -0.1) is 0 Å². The molecule has 0 saturated heterocycles. The number of aromatic nitrogens is 2. The average molecular weight is 270 g/mol. The molecule has 2 nitrogen and oxygen atoms in total. The minimum atomic E-state index is 0.934. The fourth-order valence-electron chi connectivity index (χ4n) is 1.10. The van der Waals surface area contributed by atoms with Gasteiger partial charge < -0.3 is 0 Å². The van der Waals surface area contributed by atoms with Gasteiger partial charge in [-0.2, -0.15) is 0 Å². The van der Waals surface area contributed by atoms with Crippen molar-refractivity contribution >= 4 is 33.6 Å². The van der Waals surface area contributed by atoms with Gasteiger partial charge in [0, 0.05) is 0 Å². The third kappa shape index (κ3) is 1.41. The van der Waals surface area contributed by atoms with Gasteiger partial charge >= 0.3 is 0 Å². The van der Waals surface area contributed by atoms with Gasteiger partial charge in [0.05, 0.1) is 17.2 Å². The lowest BCUT2D eigenvalue weighted by Gasteiger charge is -1.97. The number of nitrogens with zero attached hydrogens (tertiary/aromatic N) is 2. The van der Waals surface area contributed by atoms with Crippen molar-refractivity contribution in [2.45, 2.75) is 6.92 Å². The van der Waals surface area contributed by atoms with E-state index >= 15 is 0 Å². The number of halogens is 1. The van der Waals surface area contributed by atoms with Crippen molar-refractivity contribution in [1.82, 2.24) is 9.97 Å². The van der Waals surface area contributed by atoms with Crippen LogP contribution in [0.15, 0.2) is 24.4 Å². The molecule has 3 heteroatoms. The Morgan fingerprint density at radius 2 is 2.08 bits per heavy atom. The van der Waals surface area contributed by atoms with E-state index < -0.39 is 0 Å². The van der Waals surface area contributed by atoms with Gasteiger partial charge in [-0.25, -0.2) is 4.98 Å². The van der Waals surface area contributed by atoms with Gasteiger partial charge in [-0.3, -0.25) is 4.98 Å². The third-order valence-electron chi connectivity index (χ3n) is 1.67. The number of rotatable bonds is 0. The van der Waals surface area contributed by atoms with Gasteiger partial charge in [0.1, 0.15) is 3.70 Å². The predicted molar refractivity (Wildman–Crippen MR) is 57.0 cm³/mol. The number of hydrogen-bond acceptors (Lipinski definition) is 2. The predicted octanol–water partition coefficient (Wildman–Crippen LogP) is 2.54. The highest BCUT2D eigenvalue weighted by molar-refractivity contribution is 14.1. The molecule has 1 heterocycles. The zero-order valence-electron chi connectivity index (χ0n) is 6.58. The zero-order chi connectivity index (χ0) is 8.55. The maximum atomic E-state index is 4.34. The van der Waals surface area contributed by atoms with Gasteiger partial charge in [0.2, 0.25) is 0 Å². The molecule has 1 aromatic heterocycles. The molecule has 1 aromatic carbocycles. The van der Waals surface area contributed by atoms with Crippen molar-refractivity contribution in [1.29, 1.82) is 0 Å². The summed E-state index contributed by atoms with van der Waals surface area (Å²) in [4.78, 5) is 8.61. The first-order valence-electron chi connectivity index (χ1n) is 3.64. The maximum absolute atomic E-state index is 4.34. The summed E-state index contributed by atoms with van der Waals surface area (Å²) >= 11 is 2.16. The van der Waals surface area contributed by atoms with Crippen molar-refractivity contribution in [2.24, 2.45) is 0 Å². The Hall–Kier alpha value is -0.710. The minimum absolute atomic E-state index is 0.934. The molecule has 0 atom stereocenters. The van der Waals surface area contributed by atoms with Crippen LogP contribution in [-0.2, 0) is 0 Å². The molecule has 0 radical (unpaired) electrons. The smallest absolute Gasteiger partial charge is 0.120 e. The highest BCUT2D eigenvalue weighted by atomic mass is 127. The quantitative estimate of drug-likeness (QED) is 0.687. The first-order valence-corrected chi connectivity index (χ1v) is 4.72. The molecule has 0 aliphatic rings. The van der Waals surface area contributed by atoms with E-state index in [9.17, 15) is 0 Å².